The standard InChI is InChI=1S/C14H14N2O4S/c1-19-10-6-9(7-11(20-2)13(10)17)8-15-16-14(18)12-4-3-5-21-12/h3-8,17H,1-2H3,(H,16,18)/b15-8+. The molecule has 0 saturated heterocycles. The maximum Gasteiger partial charge on any atom is 0.281 e. The first-order valence-electron chi connectivity index (χ1n) is 5.97. The van der Waals surface area contributed by atoms with Crippen molar-refractivity contribution >= 4 is 23.5 Å². The molecule has 0 fully saturated rings. The third-order valence-electron chi connectivity index (χ3n) is 2.63. The van der Waals surface area contributed by atoms with Crippen molar-refractivity contribution in [3.63, 3.8) is 0 Å². The van der Waals surface area contributed by atoms with Crippen LogP contribution in [-0.2, 0) is 0 Å². The maximum absolute atomic E-state index is 11.7. The lowest BCUT2D eigenvalue weighted by atomic mass is 10.2. The summed E-state index contributed by atoms with van der Waals surface area (Å²) in [7, 11) is 2.88. The largest absolute Gasteiger partial charge is 0.502 e. The lowest BCUT2D eigenvalue weighted by Crippen LogP contribution is -2.16. The third-order valence-corrected chi connectivity index (χ3v) is 3.50. The van der Waals surface area contributed by atoms with Crippen LogP contribution in [0.5, 0.6) is 17.2 Å². The molecule has 1 amide bonds. The first-order chi connectivity index (χ1) is 10.2. The number of hydrogen-bond donors (Lipinski definition) is 2. The molecule has 0 unspecified atom stereocenters. The van der Waals surface area contributed by atoms with Crippen LogP contribution in [0.4, 0.5) is 0 Å². The molecule has 0 aliphatic heterocycles. The molecular weight excluding hydrogens is 292 g/mol. The van der Waals surface area contributed by atoms with Crippen LogP contribution < -0.4 is 14.9 Å². The number of phenolic OH excluding ortho intramolecular Hbond substituents is 1. The minimum absolute atomic E-state index is 0.0835. The normalized spacial score (nSPS) is 10.6. The topological polar surface area (TPSA) is 80.2 Å². The monoisotopic (exact) mass is 306 g/mol. The van der Waals surface area contributed by atoms with E-state index in [1.165, 1.54) is 31.8 Å². The number of thiophene rings is 1. The van der Waals surface area contributed by atoms with Crippen LogP contribution in [0.2, 0.25) is 0 Å². The van der Waals surface area contributed by atoms with Crippen molar-refractivity contribution in [2.24, 2.45) is 5.10 Å². The highest BCUT2D eigenvalue weighted by Crippen LogP contribution is 2.36. The number of hydrazone groups is 1. The SMILES string of the molecule is COc1cc(/C=N/NC(=O)c2cccs2)cc(OC)c1O. The Hall–Kier alpha value is -2.54. The Bertz CT molecular complexity index is 628. The Morgan fingerprint density at radius 1 is 1.33 bits per heavy atom. The van der Waals surface area contributed by atoms with E-state index < -0.39 is 0 Å². The maximum atomic E-state index is 11.7. The molecule has 0 spiro atoms. The molecule has 2 aromatic rings. The van der Waals surface area contributed by atoms with E-state index >= 15 is 0 Å². The van der Waals surface area contributed by atoms with Gasteiger partial charge in [-0.25, -0.2) is 5.43 Å². The molecule has 7 heteroatoms. The van der Waals surface area contributed by atoms with Crippen molar-refractivity contribution in [3.8, 4) is 17.2 Å². The van der Waals surface area contributed by atoms with Gasteiger partial charge in [-0.1, -0.05) is 6.07 Å². The number of methoxy groups -OCH3 is 2. The van der Waals surface area contributed by atoms with Crippen LogP contribution in [0.25, 0.3) is 0 Å². The van der Waals surface area contributed by atoms with Gasteiger partial charge in [-0.2, -0.15) is 5.10 Å². The summed E-state index contributed by atoms with van der Waals surface area (Å²) < 4.78 is 10.1. The van der Waals surface area contributed by atoms with Crippen LogP contribution in [0.15, 0.2) is 34.7 Å². The van der Waals surface area contributed by atoms with Gasteiger partial charge in [0.05, 0.1) is 25.3 Å². The number of benzene rings is 1. The average molecular weight is 306 g/mol. The Morgan fingerprint density at radius 3 is 2.52 bits per heavy atom. The Kier molecular flexibility index (Phi) is 4.78. The second-order valence-electron chi connectivity index (χ2n) is 3.95. The van der Waals surface area contributed by atoms with Crippen LogP contribution in [0, 0.1) is 0 Å². The van der Waals surface area contributed by atoms with Crippen molar-refractivity contribution in [2.45, 2.75) is 0 Å². The number of carbonyl (C=O) groups excluding carboxylic acids is 1. The van der Waals surface area contributed by atoms with Crippen molar-refractivity contribution in [3.05, 3.63) is 40.1 Å². The zero-order valence-electron chi connectivity index (χ0n) is 11.5. The van der Waals surface area contributed by atoms with Gasteiger partial charge in [-0.05, 0) is 23.6 Å². The molecule has 1 heterocycles. The van der Waals surface area contributed by atoms with Crippen molar-refractivity contribution in [1.29, 1.82) is 0 Å². The predicted octanol–water partition coefficient (Wildman–Crippen LogP) is 2.23. The Morgan fingerprint density at radius 2 is 2.00 bits per heavy atom. The van der Waals surface area contributed by atoms with Gasteiger partial charge < -0.3 is 14.6 Å². The summed E-state index contributed by atoms with van der Waals surface area (Å²) in [5, 5.41) is 15.5. The van der Waals surface area contributed by atoms with Crippen LogP contribution in [0.1, 0.15) is 15.2 Å². The number of ether oxygens (including phenoxy) is 2. The number of carbonyl (C=O) groups is 1. The first kappa shape index (κ1) is 14.9. The lowest BCUT2D eigenvalue weighted by molar-refractivity contribution is 0.0959. The number of nitrogens with zero attached hydrogens (tertiary/aromatic N) is 1. The molecule has 0 radical (unpaired) electrons. The average Bonchev–Trinajstić information content (AvgIpc) is 3.02. The fourth-order valence-electron chi connectivity index (χ4n) is 1.62. The zero-order valence-corrected chi connectivity index (χ0v) is 12.3. The molecule has 0 atom stereocenters. The van der Waals surface area contributed by atoms with E-state index in [0.29, 0.717) is 10.4 Å². The predicted molar refractivity (Wildman–Crippen MR) is 80.6 cm³/mol. The van der Waals surface area contributed by atoms with E-state index in [4.69, 9.17) is 9.47 Å². The van der Waals surface area contributed by atoms with E-state index in [2.05, 4.69) is 10.5 Å². The van der Waals surface area contributed by atoms with Crippen molar-refractivity contribution < 1.29 is 19.4 Å². The zero-order chi connectivity index (χ0) is 15.2. The van der Waals surface area contributed by atoms with Crippen LogP contribution in [-0.4, -0.2) is 31.4 Å². The summed E-state index contributed by atoms with van der Waals surface area (Å²) in [6.07, 6.45) is 1.44. The Labute approximate surface area is 125 Å². The van der Waals surface area contributed by atoms with Crippen molar-refractivity contribution in [1.82, 2.24) is 5.43 Å². The van der Waals surface area contributed by atoms with Gasteiger partial charge in [0.25, 0.3) is 5.91 Å². The fraction of sp³-hybridized carbons (Fsp3) is 0.143. The second-order valence-corrected chi connectivity index (χ2v) is 4.90. The van der Waals surface area contributed by atoms with E-state index in [1.807, 2.05) is 5.38 Å². The summed E-state index contributed by atoms with van der Waals surface area (Å²) in [6.45, 7) is 0. The molecule has 6 nitrogen and oxygen atoms in total. The van der Waals surface area contributed by atoms with Gasteiger partial charge >= 0.3 is 0 Å². The summed E-state index contributed by atoms with van der Waals surface area (Å²) >= 11 is 1.33. The molecule has 21 heavy (non-hydrogen) atoms. The number of nitrogens with one attached hydrogen (secondary N) is 1. The highest BCUT2D eigenvalue weighted by Gasteiger charge is 2.10. The van der Waals surface area contributed by atoms with Gasteiger partial charge in [0.2, 0.25) is 5.75 Å². The third kappa shape index (κ3) is 3.51. The first-order valence-corrected chi connectivity index (χ1v) is 6.85. The van der Waals surface area contributed by atoms with Gasteiger partial charge in [-0.3, -0.25) is 4.79 Å². The summed E-state index contributed by atoms with van der Waals surface area (Å²) in [5.74, 6) is 0.166. The van der Waals surface area contributed by atoms with Gasteiger partial charge in [0, 0.05) is 5.56 Å². The smallest absolute Gasteiger partial charge is 0.281 e. The van der Waals surface area contributed by atoms with Crippen LogP contribution >= 0.6 is 11.3 Å². The molecule has 0 aliphatic rings. The number of phenols is 1. The second kappa shape index (κ2) is 6.76. The minimum Gasteiger partial charge on any atom is -0.502 e. The quantitative estimate of drug-likeness (QED) is 0.656. The lowest BCUT2D eigenvalue weighted by Gasteiger charge is -2.09. The molecule has 2 N–H and O–H groups in total. The van der Waals surface area contributed by atoms with Gasteiger partial charge in [0.15, 0.2) is 11.5 Å². The van der Waals surface area contributed by atoms with E-state index in [0.717, 1.165) is 0 Å². The van der Waals surface area contributed by atoms with Gasteiger partial charge in [-0.15, -0.1) is 11.3 Å². The van der Waals surface area contributed by atoms with Crippen molar-refractivity contribution in [2.75, 3.05) is 14.2 Å². The van der Waals surface area contributed by atoms with E-state index in [9.17, 15) is 9.90 Å². The van der Waals surface area contributed by atoms with E-state index in [-0.39, 0.29) is 23.2 Å². The molecule has 110 valence electrons. The summed E-state index contributed by atoms with van der Waals surface area (Å²) in [6, 6.07) is 6.67. The summed E-state index contributed by atoms with van der Waals surface area (Å²) in [5.41, 5.74) is 3.04. The fourth-order valence-corrected chi connectivity index (χ4v) is 2.23. The number of amides is 1. The molecule has 0 aliphatic carbocycles. The van der Waals surface area contributed by atoms with Crippen LogP contribution in [0.3, 0.4) is 0 Å². The minimum atomic E-state index is -0.279. The van der Waals surface area contributed by atoms with Gasteiger partial charge in [0.1, 0.15) is 0 Å². The number of aromatic hydroxyl groups is 1. The highest BCUT2D eigenvalue weighted by atomic mass is 32.1. The number of hydrogen-bond acceptors (Lipinski definition) is 6. The molecule has 0 bridgehead atoms. The number of rotatable bonds is 5. The highest BCUT2D eigenvalue weighted by molar-refractivity contribution is 7.12. The van der Waals surface area contributed by atoms with E-state index in [1.54, 1.807) is 24.3 Å². The molecule has 2 rings (SSSR count). The molecular formula is C14H14N2O4S. The molecule has 0 saturated carbocycles. The molecule has 1 aromatic carbocycles. The molecule has 1 aromatic heterocycles. The summed E-state index contributed by atoms with van der Waals surface area (Å²) in [4.78, 5) is 12.3. The Balaban J connectivity index is 2.12.